The van der Waals surface area contributed by atoms with E-state index >= 15 is 0 Å². The Bertz CT molecular complexity index is 1020. The van der Waals surface area contributed by atoms with Crippen molar-refractivity contribution in [3.8, 4) is 0 Å². The second kappa shape index (κ2) is 7.85. The van der Waals surface area contributed by atoms with Gasteiger partial charge in [0.1, 0.15) is 11.4 Å². The first-order valence-electron chi connectivity index (χ1n) is 10.2. The van der Waals surface area contributed by atoms with Crippen molar-refractivity contribution in [2.24, 2.45) is 7.05 Å². The molecule has 7 nitrogen and oxygen atoms in total. The summed E-state index contributed by atoms with van der Waals surface area (Å²) in [4.78, 5) is 31.2. The number of carbonyl (C=O) groups excluding carboxylic acids is 1. The molecule has 1 amide bonds. The number of carbonyl (C=O) groups is 1. The minimum absolute atomic E-state index is 0.198. The maximum Gasteiger partial charge on any atom is 0.281 e. The summed E-state index contributed by atoms with van der Waals surface area (Å²) < 4.78 is 15.6. The molecule has 2 aliphatic heterocycles. The Hall–Kier alpha value is -2.71. The first kappa shape index (κ1) is 20.6. The Morgan fingerprint density at radius 2 is 2.07 bits per heavy atom. The number of rotatable bonds is 4. The molecule has 8 heteroatoms. The Kier molecular flexibility index (Phi) is 5.38. The van der Waals surface area contributed by atoms with Crippen molar-refractivity contribution in [1.82, 2.24) is 14.9 Å². The van der Waals surface area contributed by atoms with Crippen LogP contribution in [0.25, 0.3) is 0 Å². The molecular weight excluding hydrogens is 387 g/mol. The maximum atomic E-state index is 14.3. The van der Waals surface area contributed by atoms with E-state index in [1.807, 2.05) is 6.92 Å². The molecule has 2 unspecified atom stereocenters. The minimum Gasteiger partial charge on any atom is -0.352 e. The van der Waals surface area contributed by atoms with Crippen LogP contribution in [-0.4, -0.2) is 40.3 Å². The first-order valence-corrected chi connectivity index (χ1v) is 10.2. The number of hydrogen-bond acceptors (Lipinski definition) is 5. The third-order valence-corrected chi connectivity index (χ3v) is 5.90. The van der Waals surface area contributed by atoms with Gasteiger partial charge < -0.3 is 15.2 Å². The lowest BCUT2D eigenvalue weighted by Gasteiger charge is -2.51. The van der Waals surface area contributed by atoms with Crippen LogP contribution < -0.4 is 16.2 Å². The van der Waals surface area contributed by atoms with E-state index in [1.54, 1.807) is 26.1 Å². The van der Waals surface area contributed by atoms with Crippen molar-refractivity contribution in [3.05, 3.63) is 57.8 Å². The number of hydrogen-bond donors (Lipinski definition) is 2. The Morgan fingerprint density at radius 3 is 2.73 bits per heavy atom. The summed E-state index contributed by atoms with van der Waals surface area (Å²) in [5, 5.41) is 7.68. The third-order valence-electron chi connectivity index (χ3n) is 5.90. The third kappa shape index (κ3) is 3.85. The van der Waals surface area contributed by atoms with Gasteiger partial charge in [-0.15, -0.1) is 0 Å². The van der Waals surface area contributed by atoms with Gasteiger partial charge in [-0.2, -0.15) is 0 Å². The molecule has 2 fully saturated rings. The number of nitrogens with zero attached hydrogens (tertiary/aromatic N) is 2. The monoisotopic (exact) mass is 414 g/mol. The highest BCUT2D eigenvalue weighted by Crippen LogP contribution is 2.34. The number of amides is 1. The molecule has 1 aromatic carbocycles. The number of aromatic nitrogens is 1. The lowest BCUT2D eigenvalue weighted by Crippen LogP contribution is -2.68. The number of nitrogens with one attached hydrogen (secondary N) is 2. The number of benzene rings is 1. The summed E-state index contributed by atoms with van der Waals surface area (Å²) in [5.74, 6) is -0.820. The second-order valence-corrected chi connectivity index (χ2v) is 8.41. The Morgan fingerprint density at radius 1 is 1.30 bits per heavy atom. The van der Waals surface area contributed by atoms with Crippen LogP contribution in [-0.2, 0) is 11.9 Å². The molecular formula is C22H27FN4O3. The van der Waals surface area contributed by atoms with E-state index < -0.39 is 11.4 Å². The van der Waals surface area contributed by atoms with Crippen molar-refractivity contribution in [3.63, 3.8) is 0 Å². The summed E-state index contributed by atoms with van der Waals surface area (Å²) in [6, 6.07) is 6.24. The minimum atomic E-state index is -0.453. The summed E-state index contributed by atoms with van der Waals surface area (Å²) in [5.41, 5.74) is 0.733. The quantitative estimate of drug-likeness (QED) is 0.805. The van der Waals surface area contributed by atoms with E-state index in [9.17, 15) is 14.0 Å². The number of halogens is 1. The zero-order valence-electron chi connectivity index (χ0n) is 17.5. The molecule has 0 aliphatic carbocycles. The molecule has 2 aliphatic rings. The molecule has 2 N–H and O–H groups in total. The van der Waals surface area contributed by atoms with Gasteiger partial charge in [-0.05, 0) is 50.9 Å². The lowest BCUT2D eigenvalue weighted by molar-refractivity contribution is -0.324. The summed E-state index contributed by atoms with van der Waals surface area (Å²) in [6.07, 6.45) is 4.76. The fraction of sp³-hybridized carbons (Fsp3) is 0.455. The van der Waals surface area contributed by atoms with E-state index in [0.717, 1.165) is 31.4 Å². The predicted molar refractivity (Wildman–Crippen MR) is 112 cm³/mol. The number of pyridine rings is 1. The van der Waals surface area contributed by atoms with Crippen LogP contribution in [0.1, 0.15) is 42.1 Å². The molecule has 1 aromatic heterocycles. The van der Waals surface area contributed by atoms with E-state index in [1.165, 1.54) is 28.0 Å². The SMILES string of the molecule is Cc1ccc(Nc2cc(=O)n(C)cc2C(=O)N2CC(C)(C3CCCCN3)O2)c(F)c1. The largest absolute Gasteiger partial charge is 0.352 e. The van der Waals surface area contributed by atoms with Crippen LogP contribution in [0.15, 0.2) is 35.3 Å². The normalized spacial score (nSPS) is 23.7. The molecule has 4 rings (SSSR count). The van der Waals surface area contributed by atoms with Crippen molar-refractivity contribution < 1.29 is 14.0 Å². The van der Waals surface area contributed by atoms with E-state index in [4.69, 9.17) is 4.84 Å². The standard InChI is InChI=1S/C22H27FN4O3/c1-14-7-8-17(16(23)10-14)25-18-11-20(28)26(3)12-15(18)21(29)27-13-22(2,30-27)19-6-4-5-9-24-19/h7-8,10-12,19,24-25H,4-6,9,13H2,1-3H3. The average Bonchev–Trinajstić information content (AvgIpc) is 2.70. The van der Waals surface area contributed by atoms with Gasteiger partial charge in [-0.3, -0.25) is 14.4 Å². The highest BCUT2D eigenvalue weighted by molar-refractivity contribution is 5.99. The van der Waals surface area contributed by atoms with Crippen LogP contribution >= 0.6 is 0 Å². The van der Waals surface area contributed by atoms with Gasteiger partial charge in [-0.25, -0.2) is 9.45 Å². The fourth-order valence-corrected chi connectivity index (χ4v) is 4.09. The van der Waals surface area contributed by atoms with Crippen LogP contribution in [0.3, 0.4) is 0 Å². The van der Waals surface area contributed by atoms with Gasteiger partial charge in [0, 0.05) is 25.4 Å². The molecule has 0 spiro atoms. The number of anilines is 2. The molecule has 3 heterocycles. The van der Waals surface area contributed by atoms with Gasteiger partial charge in [0.05, 0.1) is 23.5 Å². The summed E-state index contributed by atoms with van der Waals surface area (Å²) in [6.45, 7) is 5.19. The van der Waals surface area contributed by atoms with Gasteiger partial charge in [-0.1, -0.05) is 12.5 Å². The Labute approximate surface area is 174 Å². The van der Waals surface area contributed by atoms with Crippen LogP contribution in [0.5, 0.6) is 0 Å². The van der Waals surface area contributed by atoms with Crippen LogP contribution in [0.2, 0.25) is 0 Å². The molecule has 0 radical (unpaired) electrons. The van der Waals surface area contributed by atoms with Crippen LogP contribution in [0.4, 0.5) is 15.8 Å². The highest BCUT2D eigenvalue weighted by Gasteiger charge is 2.49. The fourth-order valence-electron chi connectivity index (χ4n) is 4.09. The first-order chi connectivity index (χ1) is 14.3. The van der Waals surface area contributed by atoms with Crippen molar-refractivity contribution >= 4 is 17.3 Å². The van der Waals surface area contributed by atoms with E-state index in [2.05, 4.69) is 10.6 Å². The molecule has 160 valence electrons. The average molecular weight is 414 g/mol. The van der Waals surface area contributed by atoms with Gasteiger partial charge >= 0.3 is 0 Å². The zero-order chi connectivity index (χ0) is 21.5. The molecule has 2 aromatic rings. The smallest absolute Gasteiger partial charge is 0.281 e. The zero-order valence-corrected chi connectivity index (χ0v) is 17.5. The summed E-state index contributed by atoms with van der Waals surface area (Å²) >= 11 is 0. The maximum absolute atomic E-state index is 14.3. The summed E-state index contributed by atoms with van der Waals surface area (Å²) in [7, 11) is 1.57. The lowest BCUT2D eigenvalue weighted by atomic mass is 9.87. The molecule has 2 atom stereocenters. The van der Waals surface area contributed by atoms with E-state index in [0.29, 0.717) is 6.54 Å². The highest BCUT2D eigenvalue weighted by atomic mass is 19.1. The molecule has 0 saturated carbocycles. The number of hydroxylamine groups is 2. The Balaban J connectivity index is 1.57. The molecule has 0 bridgehead atoms. The van der Waals surface area contributed by atoms with Gasteiger partial charge in [0.25, 0.3) is 11.5 Å². The van der Waals surface area contributed by atoms with E-state index in [-0.39, 0.29) is 34.4 Å². The van der Waals surface area contributed by atoms with Crippen molar-refractivity contribution in [2.75, 3.05) is 18.4 Å². The van der Waals surface area contributed by atoms with Gasteiger partial charge in [0.15, 0.2) is 0 Å². The molecule has 30 heavy (non-hydrogen) atoms. The molecule has 2 saturated heterocycles. The number of aryl methyl sites for hydroxylation is 2. The topological polar surface area (TPSA) is 75.6 Å². The second-order valence-electron chi connectivity index (χ2n) is 8.41. The predicted octanol–water partition coefficient (Wildman–Crippen LogP) is 2.86. The van der Waals surface area contributed by atoms with Crippen LogP contribution in [0, 0.1) is 12.7 Å². The number of piperidine rings is 1. The van der Waals surface area contributed by atoms with Crippen molar-refractivity contribution in [2.45, 2.75) is 44.8 Å². The van der Waals surface area contributed by atoms with Gasteiger partial charge in [0.2, 0.25) is 0 Å². The van der Waals surface area contributed by atoms with Crippen molar-refractivity contribution in [1.29, 1.82) is 0 Å².